The van der Waals surface area contributed by atoms with Gasteiger partial charge in [-0.1, -0.05) is 30.3 Å². The lowest BCUT2D eigenvalue weighted by Gasteiger charge is -2.05. The van der Waals surface area contributed by atoms with Gasteiger partial charge < -0.3 is 19.6 Å². The van der Waals surface area contributed by atoms with Gasteiger partial charge in [-0.3, -0.25) is 4.79 Å². The second-order valence-electron chi connectivity index (χ2n) is 4.85. The van der Waals surface area contributed by atoms with Crippen LogP contribution in [0.2, 0.25) is 0 Å². The topological polar surface area (TPSA) is 71.7 Å². The third-order valence-corrected chi connectivity index (χ3v) is 3.13. The fourth-order valence-electron chi connectivity index (χ4n) is 2.04. The van der Waals surface area contributed by atoms with Crippen LogP contribution in [0.15, 0.2) is 71.1 Å². The molecular weight excluding hydrogens is 294 g/mol. The van der Waals surface area contributed by atoms with Crippen molar-refractivity contribution in [2.75, 3.05) is 5.32 Å². The van der Waals surface area contributed by atoms with Crippen LogP contribution in [0.5, 0.6) is 11.7 Å². The maximum atomic E-state index is 12.2. The van der Waals surface area contributed by atoms with Crippen molar-refractivity contribution < 1.29 is 19.1 Å². The van der Waals surface area contributed by atoms with E-state index in [0.29, 0.717) is 11.4 Å². The monoisotopic (exact) mass is 309 g/mol. The normalized spacial score (nSPS) is 10.3. The van der Waals surface area contributed by atoms with Gasteiger partial charge in [0, 0.05) is 11.8 Å². The Morgan fingerprint density at radius 1 is 1.04 bits per heavy atom. The van der Waals surface area contributed by atoms with E-state index in [4.69, 9.17) is 14.3 Å². The average molecular weight is 309 g/mol. The van der Waals surface area contributed by atoms with Gasteiger partial charge in [0.2, 0.25) is 0 Å². The van der Waals surface area contributed by atoms with Gasteiger partial charge in [-0.05, 0) is 35.9 Å². The number of benzene rings is 2. The number of hydrogen-bond donors (Lipinski definition) is 2. The number of carbonyl (C=O) groups is 1. The quantitative estimate of drug-likeness (QED) is 0.751. The van der Waals surface area contributed by atoms with Gasteiger partial charge in [0.1, 0.15) is 5.75 Å². The molecule has 23 heavy (non-hydrogen) atoms. The number of amides is 1. The third-order valence-electron chi connectivity index (χ3n) is 3.13. The van der Waals surface area contributed by atoms with E-state index in [1.165, 1.54) is 0 Å². The minimum absolute atomic E-state index is 0.0838. The molecule has 0 unspecified atom stereocenters. The maximum absolute atomic E-state index is 12.2. The van der Waals surface area contributed by atoms with E-state index in [0.717, 1.165) is 5.56 Å². The van der Waals surface area contributed by atoms with Crippen molar-refractivity contribution in [2.24, 2.45) is 0 Å². The van der Waals surface area contributed by atoms with Crippen LogP contribution in [-0.4, -0.2) is 11.0 Å². The Labute approximate surface area is 133 Å². The maximum Gasteiger partial charge on any atom is 0.291 e. The molecule has 0 radical (unpaired) electrons. The molecule has 1 heterocycles. The minimum Gasteiger partial charge on any atom is -0.426 e. The number of nitrogens with one attached hydrogen (secondary N) is 1. The van der Waals surface area contributed by atoms with Gasteiger partial charge in [0.25, 0.3) is 11.9 Å². The zero-order valence-electron chi connectivity index (χ0n) is 12.2. The summed E-state index contributed by atoms with van der Waals surface area (Å²) in [6.07, 6.45) is 0. The fourth-order valence-corrected chi connectivity index (χ4v) is 2.04. The predicted molar refractivity (Wildman–Crippen MR) is 85.5 cm³/mol. The molecule has 3 rings (SSSR count). The number of para-hydroxylation sites is 1. The molecule has 0 fully saturated rings. The zero-order valence-corrected chi connectivity index (χ0v) is 12.2. The number of hydrogen-bond acceptors (Lipinski definition) is 4. The molecule has 3 aromatic rings. The van der Waals surface area contributed by atoms with Crippen molar-refractivity contribution in [1.82, 2.24) is 0 Å². The molecule has 0 atom stereocenters. The van der Waals surface area contributed by atoms with Crippen LogP contribution in [-0.2, 0) is 6.61 Å². The lowest BCUT2D eigenvalue weighted by molar-refractivity contribution is 0.0991. The molecule has 0 bridgehead atoms. The molecule has 0 aliphatic rings. The Kier molecular flexibility index (Phi) is 4.40. The highest BCUT2D eigenvalue weighted by Gasteiger charge is 2.12. The highest BCUT2D eigenvalue weighted by molar-refractivity contribution is 6.02. The summed E-state index contributed by atoms with van der Waals surface area (Å²) in [6.45, 7) is -0.0838. The molecular formula is C18H15NO4. The molecule has 0 saturated heterocycles. The third kappa shape index (κ3) is 3.78. The Bertz CT molecular complexity index is 796. The molecule has 5 nitrogen and oxygen atoms in total. The molecule has 2 N–H and O–H groups in total. The van der Waals surface area contributed by atoms with Gasteiger partial charge in [0.15, 0.2) is 5.76 Å². The Morgan fingerprint density at radius 3 is 2.65 bits per heavy atom. The van der Waals surface area contributed by atoms with Crippen molar-refractivity contribution >= 4 is 11.6 Å². The lowest BCUT2D eigenvalue weighted by atomic mass is 10.2. The first-order valence-electron chi connectivity index (χ1n) is 7.08. The largest absolute Gasteiger partial charge is 0.426 e. The molecule has 116 valence electrons. The number of aliphatic hydroxyl groups excluding tert-OH is 1. The van der Waals surface area contributed by atoms with Crippen molar-refractivity contribution in [1.29, 1.82) is 0 Å². The van der Waals surface area contributed by atoms with E-state index in [1.54, 1.807) is 48.5 Å². The van der Waals surface area contributed by atoms with Crippen molar-refractivity contribution in [3.05, 3.63) is 78.1 Å². The molecule has 0 saturated carbocycles. The van der Waals surface area contributed by atoms with E-state index in [9.17, 15) is 4.79 Å². The molecule has 0 aliphatic heterocycles. The minimum atomic E-state index is -0.386. The number of ether oxygens (including phenoxy) is 1. The van der Waals surface area contributed by atoms with Gasteiger partial charge >= 0.3 is 0 Å². The van der Waals surface area contributed by atoms with E-state index in [2.05, 4.69) is 5.32 Å². The van der Waals surface area contributed by atoms with Crippen LogP contribution in [0.1, 0.15) is 16.1 Å². The first-order chi connectivity index (χ1) is 11.2. The van der Waals surface area contributed by atoms with E-state index in [-0.39, 0.29) is 24.2 Å². The van der Waals surface area contributed by atoms with Crippen LogP contribution in [0.3, 0.4) is 0 Å². The smallest absolute Gasteiger partial charge is 0.291 e. The summed E-state index contributed by atoms with van der Waals surface area (Å²) in [5.74, 6) is 0.628. The second kappa shape index (κ2) is 6.81. The molecule has 1 amide bonds. The Balaban J connectivity index is 1.68. The number of anilines is 1. The van der Waals surface area contributed by atoms with Crippen LogP contribution in [0.4, 0.5) is 5.69 Å². The first-order valence-corrected chi connectivity index (χ1v) is 7.08. The summed E-state index contributed by atoms with van der Waals surface area (Å²) in [6, 6.07) is 19.3. The average Bonchev–Trinajstić information content (AvgIpc) is 3.04. The van der Waals surface area contributed by atoms with Crippen LogP contribution >= 0.6 is 0 Å². The summed E-state index contributed by atoms with van der Waals surface area (Å²) in [5, 5.41) is 11.8. The fraction of sp³-hybridized carbons (Fsp3) is 0.0556. The standard InChI is InChI=1S/C18H15NO4/c20-12-13-5-4-6-14(11-13)19-18(21)16-9-10-17(23-16)22-15-7-2-1-3-8-15/h1-11,20H,12H2,(H,19,21). The van der Waals surface area contributed by atoms with Crippen molar-refractivity contribution in [3.63, 3.8) is 0 Å². The van der Waals surface area contributed by atoms with Gasteiger partial charge in [0.05, 0.1) is 6.61 Å². The van der Waals surface area contributed by atoms with Crippen molar-refractivity contribution in [2.45, 2.75) is 6.61 Å². The van der Waals surface area contributed by atoms with E-state index in [1.807, 2.05) is 18.2 Å². The summed E-state index contributed by atoms with van der Waals surface area (Å²) in [5.41, 5.74) is 1.30. The molecule has 0 spiro atoms. The predicted octanol–water partition coefficient (Wildman–Crippen LogP) is 3.82. The molecule has 2 aromatic carbocycles. The van der Waals surface area contributed by atoms with Crippen molar-refractivity contribution in [3.8, 4) is 11.7 Å². The van der Waals surface area contributed by atoms with Gasteiger partial charge in [-0.25, -0.2) is 0 Å². The number of carbonyl (C=O) groups excluding carboxylic acids is 1. The molecule has 0 aliphatic carbocycles. The SMILES string of the molecule is O=C(Nc1cccc(CO)c1)c1ccc(Oc2ccccc2)o1. The highest BCUT2D eigenvalue weighted by Crippen LogP contribution is 2.24. The molecule has 5 heteroatoms. The van der Waals surface area contributed by atoms with Gasteiger partial charge in [-0.15, -0.1) is 0 Å². The molecule has 1 aromatic heterocycles. The lowest BCUT2D eigenvalue weighted by Crippen LogP contribution is -2.10. The van der Waals surface area contributed by atoms with Crippen LogP contribution in [0.25, 0.3) is 0 Å². The number of rotatable bonds is 5. The number of aliphatic hydroxyl groups is 1. The zero-order chi connectivity index (χ0) is 16.1. The Hall–Kier alpha value is -3.05. The highest BCUT2D eigenvalue weighted by atomic mass is 16.6. The number of furan rings is 1. The van der Waals surface area contributed by atoms with E-state index >= 15 is 0 Å². The summed E-state index contributed by atoms with van der Waals surface area (Å²) >= 11 is 0. The summed E-state index contributed by atoms with van der Waals surface area (Å²) in [4.78, 5) is 12.2. The van der Waals surface area contributed by atoms with Gasteiger partial charge in [-0.2, -0.15) is 0 Å². The summed E-state index contributed by atoms with van der Waals surface area (Å²) < 4.78 is 10.9. The van der Waals surface area contributed by atoms with Crippen LogP contribution < -0.4 is 10.1 Å². The Morgan fingerprint density at radius 2 is 1.87 bits per heavy atom. The van der Waals surface area contributed by atoms with Crippen LogP contribution in [0, 0.1) is 0 Å². The summed E-state index contributed by atoms with van der Waals surface area (Å²) in [7, 11) is 0. The second-order valence-corrected chi connectivity index (χ2v) is 4.85. The first kappa shape index (κ1) is 14.9. The van der Waals surface area contributed by atoms with E-state index < -0.39 is 0 Å².